The predicted molar refractivity (Wildman–Crippen MR) is 122 cm³/mol. The van der Waals surface area contributed by atoms with Gasteiger partial charge in [-0.25, -0.2) is 8.42 Å². The number of carbonyl (C=O) groups is 1. The molecule has 0 aliphatic heterocycles. The minimum absolute atomic E-state index is 0.118. The Labute approximate surface area is 183 Å². The van der Waals surface area contributed by atoms with E-state index in [1.54, 1.807) is 48.5 Å². The summed E-state index contributed by atoms with van der Waals surface area (Å²) in [5.41, 5.74) is 3.33. The Morgan fingerprint density at radius 3 is 2.35 bits per heavy atom. The van der Waals surface area contributed by atoms with Crippen LogP contribution in [0.25, 0.3) is 0 Å². The quantitative estimate of drug-likeness (QED) is 0.580. The molecule has 0 atom stereocenters. The van der Waals surface area contributed by atoms with Gasteiger partial charge in [0.2, 0.25) is 5.91 Å². The standard InChI is InChI=1S/C24H26N2O4S/c1-18-11-13-23(14-12-18)31(28,29)26(21-9-6-10-22(15-21)30-3)17-24(27)25-16-20-8-5-4-7-19(20)2/h4-15H,16-17H2,1-3H3,(H,25,27). The third kappa shape index (κ3) is 5.44. The Kier molecular flexibility index (Phi) is 6.97. The van der Waals surface area contributed by atoms with Crippen LogP contribution in [0.5, 0.6) is 5.75 Å². The molecule has 0 radical (unpaired) electrons. The number of sulfonamides is 1. The zero-order valence-electron chi connectivity index (χ0n) is 17.8. The zero-order valence-corrected chi connectivity index (χ0v) is 18.6. The number of benzene rings is 3. The number of aryl methyl sites for hydroxylation is 2. The summed E-state index contributed by atoms with van der Waals surface area (Å²) in [7, 11) is -2.46. The van der Waals surface area contributed by atoms with Gasteiger partial charge in [-0.05, 0) is 49.2 Å². The number of hydrogen-bond donors (Lipinski definition) is 1. The fourth-order valence-electron chi connectivity index (χ4n) is 3.11. The molecule has 0 aromatic heterocycles. The second-order valence-electron chi connectivity index (χ2n) is 7.23. The molecule has 3 aromatic rings. The third-order valence-electron chi connectivity index (χ3n) is 4.97. The molecule has 0 unspecified atom stereocenters. The van der Waals surface area contributed by atoms with Crippen molar-refractivity contribution >= 4 is 21.6 Å². The van der Waals surface area contributed by atoms with Crippen molar-refractivity contribution in [3.8, 4) is 5.75 Å². The lowest BCUT2D eigenvalue weighted by molar-refractivity contribution is -0.119. The van der Waals surface area contributed by atoms with Crippen LogP contribution in [0.4, 0.5) is 5.69 Å². The van der Waals surface area contributed by atoms with Gasteiger partial charge in [0.1, 0.15) is 12.3 Å². The van der Waals surface area contributed by atoms with Crippen LogP contribution in [0.2, 0.25) is 0 Å². The van der Waals surface area contributed by atoms with Crippen LogP contribution in [0.15, 0.2) is 77.7 Å². The van der Waals surface area contributed by atoms with Crippen LogP contribution >= 0.6 is 0 Å². The lowest BCUT2D eigenvalue weighted by atomic mass is 10.1. The molecule has 0 aliphatic carbocycles. The molecular formula is C24H26N2O4S. The van der Waals surface area contributed by atoms with E-state index in [1.807, 2.05) is 38.1 Å². The second kappa shape index (κ2) is 9.66. The normalized spacial score (nSPS) is 11.1. The molecule has 31 heavy (non-hydrogen) atoms. The van der Waals surface area contributed by atoms with Gasteiger partial charge in [-0.15, -0.1) is 0 Å². The molecule has 1 N–H and O–H groups in total. The summed E-state index contributed by atoms with van der Waals surface area (Å²) in [5.74, 6) is 0.101. The summed E-state index contributed by atoms with van der Waals surface area (Å²) in [5, 5.41) is 2.82. The smallest absolute Gasteiger partial charge is 0.264 e. The van der Waals surface area contributed by atoms with Crippen LogP contribution in [0.3, 0.4) is 0 Å². The molecule has 0 bridgehead atoms. The maximum Gasteiger partial charge on any atom is 0.264 e. The van der Waals surface area contributed by atoms with Crippen molar-refractivity contribution in [3.63, 3.8) is 0 Å². The Bertz CT molecular complexity index is 1160. The van der Waals surface area contributed by atoms with E-state index in [9.17, 15) is 13.2 Å². The van der Waals surface area contributed by atoms with Crippen LogP contribution in [-0.4, -0.2) is 28.0 Å². The predicted octanol–water partition coefficient (Wildman–Crippen LogP) is 3.82. The van der Waals surface area contributed by atoms with Gasteiger partial charge in [0, 0.05) is 12.6 Å². The summed E-state index contributed by atoms with van der Waals surface area (Å²) in [6.45, 7) is 3.82. The molecule has 0 saturated heterocycles. The third-order valence-corrected chi connectivity index (χ3v) is 6.76. The van der Waals surface area contributed by atoms with E-state index in [1.165, 1.54) is 7.11 Å². The van der Waals surface area contributed by atoms with Crippen molar-refractivity contribution in [2.75, 3.05) is 18.0 Å². The van der Waals surface area contributed by atoms with Gasteiger partial charge < -0.3 is 10.1 Å². The highest BCUT2D eigenvalue weighted by Crippen LogP contribution is 2.27. The summed E-state index contributed by atoms with van der Waals surface area (Å²) in [6, 6.07) is 20.9. The molecule has 0 saturated carbocycles. The topological polar surface area (TPSA) is 75.7 Å². The van der Waals surface area contributed by atoms with Crippen LogP contribution in [-0.2, 0) is 21.4 Å². The number of amides is 1. The number of carbonyl (C=O) groups excluding carboxylic acids is 1. The summed E-state index contributed by atoms with van der Waals surface area (Å²) in [6.07, 6.45) is 0. The van der Waals surface area contributed by atoms with Gasteiger partial charge in [0.15, 0.2) is 0 Å². The largest absolute Gasteiger partial charge is 0.497 e. The van der Waals surface area contributed by atoms with Gasteiger partial charge in [-0.2, -0.15) is 0 Å². The monoisotopic (exact) mass is 438 g/mol. The van der Waals surface area contributed by atoms with Crippen LogP contribution in [0, 0.1) is 13.8 Å². The molecule has 6 nitrogen and oxygen atoms in total. The van der Waals surface area contributed by atoms with Gasteiger partial charge in [-0.3, -0.25) is 9.10 Å². The molecule has 1 amide bonds. The molecule has 0 spiro atoms. The maximum atomic E-state index is 13.4. The number of anilines is 1. The Balaban J connectivity index is 1.89. The first-order valence-corrected chi connectivity index (χ1v) is 11.3. The number of ether oxygens (including phenoxy) is 1. The van der Waals surface area contributed by atoms with Crippen molar-refractivity contribution < 1.29 is 17.9 Å². The minimum Gasteiger partial charge on any atom is -0.497 e. The fourth-order valence-corrected chi connectivity index (χ4v) is 4.52. The second-order valence-corrected chi connectivity index (χ2v) is 9.09. The molecule has 7 heteroatoms. The van der Waals surface area contributed by atoms with Gasteiger partial charge in [0.25, 0.3) is 10.0 Å². The minimum atomic E-state index is -3.97. The van der Waals surface area contributed by atoms with E-state index in [4.69, 9.17) is 4.74 Å². The van der Waals surface area contributed by atoms with Crippen molar-refractivity contribution in [1.82, 2.24) is 5.32 Å². The van der Waals surface area contributed by atoms with Crippen molar-refractivity contribution in [2.24, 2.45) is 0 Å². The molecule has 0 aliphatic rings. The number of methoxy groups -OCH3 is 1. The molecule has 162 valence electrons. The molecule has 0 fully saturated rings. The summed E-state index contributed by atoms with van der Waals surface area (Å²) in [4.78, 5) is 12.9. The summed E-state index contributed by atoms with van der Waals surface area (Å²) < 4.78 is 33.2. The first-order valence-electron chi connectivity index (χ1n) is 9.86. The van der Waals surface area contributed by atoms with E-state index < -0.39 is 15.9 Å². The molecule has 3 rings (SSSR count). The van der Waals surface area contributed by atoms with Crippen LogP contribution in [0.1, 0.15) is 16.7 Å². The summed E-state index contributed by atoms with van der Waals surface area (Å²) >= 11 is 0. The Morgan fingerprint density at radius 2 is 1.68 bits per heavy atom. The number of nitrogens with one attached hydrogen (secondary N) is 1. The van der Waals surface area contributed by atoms with Crippen molar-refractivity contribution in [3.05, 3.63) is 89.5 Å². The highest BCUT2D eigenvalue weighted by Gasteiger charge is 2.27. The average molecular weight is 439 g/mol. The average Bonchev–Trinajstić information content (AvgIpc) is 2.77. The lowest BCUT2D eigenvalue weighted by Gasteiger charge is -2.24. The molecular weight excluding hydrogens is 412 g/mol. The van der Waals surface area contributed by atoms with Gasteiger partial charge in [-0.1, -0.05) is 48.0 Å². The van der Waals surface area contributed by atoms with Gasteiger partial charge >= 0.3 is 0 Å². The molecule has 3 aromatic carbocycles. The Hall–Kier alpha value is -3.32. The lowest BCUT2D eigenvalue weighted by Crippen LogP contribution is -2.40. The highest BCUT2D eigenvalue weighted by atomic mass is 32.2. The number of nitrogens with zero attached hydrogens (tertiary/aromatic N) is 1. The first kappa shape index (κ1) is 22.4. The highest BCUT2D eigenvalue weighted by molar-refractivity contribution is 7.92. The fraction of sp³-hybridized carbons (Fsp3) is 0.208. The van der Waals surface area contributed by atoms with Gasteiger partial charge in [0.05, 0.1) is 17.7 Å². The van der Waals surface area contributed by atoms with E-state index in [0.29, 0.717) is 18.0 Å². The van der Waals surface area contributed by atoms with Crippen LogP contribution < -0.4 is 14.4 Å². The zero-order chi connectivity index (χ0) is 22.4. The SMILES string of the molecule is COc1cccc(N(CC(=O)NCc2ccccc2C)S(=O)(=O)c2ccc(C)cc2)c1. The number of rotatable bonds is 8. The van der Waals surface area contributed by atoms with Crippen molar-refractivity contribution in [1.29, 1.82) is 0 Å². The maximum absolute atomic E-state index is 13.4. The van der Waals surface area contributed by atoms with Crippen molar-refractivity contribution in [2.45, 2.75) is 25.3 Å². The Morgan fingerprint density at radius 1 is 0.968 bits per heavy atom. The van der Waals surface area contributed by atoms with E-state index in [0.717, 1.165) is 21.0 Å². The molecule has 0 heterocycles. The van der Waals surface area contributed by atoms with E-state index >= 15 is 0 Å². The van der Waals surface area contributed by atoms with E-state index in [2.05, 4.69) is 5.32 Å². The number of hydrogen-bond acceptors (Lipinski definition) is 4. The van der Waals surface area contributed by atoms with E-state index in [-0.39, 0.29) is 11.4 Å². The first-order chi connectivity index (χ1) is 14.8.